The molecule has 0 saturated heterocycles. The Labute approximate surface area is 109 Å². The molecule has 0 saturated carbocycles. The van der Waals surface area contributed by atoms with Gasteiger partial charge in [0.05, 0.1) is 0 Å². The molecule has 1 aromatic rings. The smallest absolute Gasteiger partial charge is 0.490 e. The molecule has 6 N–H and O–H groups in total. The van der Waals surface area contributed by atoms with Gasteiger partial charge >= 0.3 is 18.1 Å². The van der Waals surface area contributed by atoms with Crippen LogP contribution in [0.5, 0.6) is 11.5 Å². The maximum Gasteiger partial charge on any atom is 0.490 e. The molecule has 10 heteroatoms. The maximum atomic E-state index is 10.6. The third kappa shape index (κ3) is 5.91. The summed E-state index contributed by atoms with van der Waals surface area (Å²) in [6.45, 7) is 0. The van der Waals surface area contributed by atoms with Crippen molar-refractivity contribution in [2.24, 2.45) is 5.73 Å². The number of phenolic OH excluding ortho intramolecular Hbond substituents is 2. The first-order chi connectivity index (χ1) is 8.95. The number of halogens is 3. The summed E-state index contributed by atoms with van der Waals surface area (Å²) >= 11 is 0. The number of aromatic hydroxyl groups is 2. The highest BCUT2D eigenvalue weighted by Gasteiger charge is 2.38. The van der Waals surface area contributed by atoms with Crippen molar-refractivity contribution in [3.8, 4) is 11.5 Å². The zero-order valence-corrected chi connectivity index (χ0v) is 9.63. The van der Waals surface area contributed by atoms with Crippen molar-refractivity contribution >= 4 is 11.9 Å². The highest BCUT2D eigenvalue weighted by molar-refractivity contribution is 5.75. The summed E-state index contributed by atoms with van der Waals surface area (Å²) < 4.78 is 31.7. The summed E-state index contributed by atoms with van der Waals surface area (Å²) in [4.78, 5) is 19.3. The third-order valence-electron chi connectivity index (χ3n) is 1.79. The van der Waals surface area contributed by atoms with E-state index >= 15 is 0 Å². The second kappa shape index (κ2) is 6.61. The average molecular weight is 297 g/mol. The Kier molecular flexibility index (Phi) is 5.79. The lowest BCUT2D eigenvalue weighted by molar-refractivity contribution is -0.192. The Morgan fingerprint density at radius 3 is 1.65 bits per heavy atom. The first kappa shape index (κ1) is 17.5. The Bertz CT molecular complexity index is 482. The molecule has 0 spiro atoms. The van der Waals surface area contributed by atoms with E-state index in [2.05, 4.69) is 0 Å². The van der Waals surface area contributed by atoms with Gasteiger partial charge in [0, 0.05) is 6.07 Å². The molecule has 0 fully saturated rings. The molecule has 0 amide bonds. The zero-order chi connectivity index (χ0) is 16.1. The van der Waals surface area contributed by atoms with E-state index in [-0.39, 0.29) is 17.1 Å². The second-order valence-corrected chi connectivity index (χ2v) is 3.40. The highest BCUT2D eigenvalue weighted by Crippen LogP contribution is 2.23. The van der Waals surface area contributed by atoms with Gasteiger partial charge in [-0.05, 0) is 17.7 Å². The maximum absolute atomic E-state index is 10.6. The van der Waals surface area contributed by atoms with E-state index < -0.39 is 24.2 Å². The van der Waals surface area contributed by atoms with E-state index in [9.17, 15) is 18.0 Å². The van der Waals surface area contributed by atoms with Crippen LogP contribution in [0.4, 0.5) is 13.2 Å². The summed E-state index contributed by atoms with van der Waals surface area (Å²) in [5.41, 5.74) is 5.41. The monoisotopic (exact) mass is 297 g/mol. The lowest BCUT2D eigenvalue weighted by Gasteiger charge is -2.07. The van der Waals surface area contributed by atoms with Gasteiger partial charge in [0.25, 0.3) is 0 Å². The molecule has 0 aliphatic heterocycles. The molecule has 1 unspecified atom stereocenters. The molecule has 0 heterocycles. The summed E-state index contributed by atoms with van der Waals surface area (Å²) in [7, 11) is 0. The lowest BCUT2D eigenvalue weighted by Crippen LogP contribution is -2.21. The van der Waals surface area contributed by atoms with Crippen LogP contribution in [0, 0.1) is 0 Å². The van der Waals surface area contributed by atoms with Crippen LogP contribution in [0.1, 0.15) is 11.6 Å². The number of carboxylic acids is 2. The van der Waals surface area contributed by atoms with Crippen molar-refractivity contribution in [1.82, 2.24) is 0 Å². The number of hydrogen-bond donors (Lipinski definition) is 5. The number of carbonyl (C=O) groups is 2. The second-order valence-electron chi connectivity index (χ2n) is 3.40. The molecular formula is C10H10F3NO6. The number of aliphatic carboxylic acids is 2. The number of alkyl halides is 3. The molecule has 1 atom stereocenters. The van der Waals surface area contributed by atoms with Gasteiger partial charge < -0.3 is 26.2 Å². The molecule has 7 nitrogen and oxygen atoms in total. The molecule has 0 aliphatic carbocycles. The fourth-order valence-electron chi connectivity index (χ4n) is 0.940. The minimum Gasteiger partial charge on any atom is -0.508 e. The SMILES string of the molecule is NC(C(=O)O)c1cc(O)cc(O)c1.O=C(O)C(F)(F)F. The minimum atomic E-state index is -5.08. The summed E-state index contributed by atoms with van der Waals surface area (Å²) in [5, 5.41) is 33.7. The minimum absolute atomic E-state index is 0.157. The zero-order valence-electron chi connectivity index (χ0n) is 9.63. The number of hydrogen-bond acceptors (Lipinski definition) is 5. The average Bonchev–Trinajstić information content (AvgIpc) is 2.25. The van der Waals surface area contributed by atoms with Crippen LogP contribution < -0.4 is 5.73 Å². The summed E-state index contributed by atoms with van der Waals surface area (Å²) in [5.74, 6) is -4.41. The predicted octanol–water partition coefficient (Wildman–Crippen LogP) is 0.815. The van der Waals surface area contributed by atoms with Crippen LogP contribution >= 0.6 is 0 Å². The van der Waals surface area contributed by atoms with Crippen LogP contribution in [-0.4, -0.2) is 38.5 Å². The van der Waals surface area contributed by atoms with Crippen molar-refractivity contribution in [2.75, 3.05) is 0 Å². The Hall–Kier alpha value is -2.49. The van der Waals surface area contributed by atoms with Gasteiger partial charge in [0.15, 0.2) is 0 Å². The van der Waals surface area contributed by atoms with Crippen LogP contribution in [0.3, 0.4) is 0 Å². The van der Waals surface area contributed by atoms with E-state index in [0.717, 1.165) is 6.07 Å². The van der Waals surface area contributed by atoms with Gasteiger partial charge in [0.2, 0.25) is 0 Å². The number of nitrogens with two attached hydrogens (primary N) is 1. The number of benzene rings is 1. The van der Waals surface area contributed by atoms with Crippen molar-refractivity contribution in [1.29, 1.82) is 0 Å². The van der Waals surface area contributed by atoms with Gasteiger partial charge in [-0.2, -0.15) is 13.2 Å². The van der Waals surface area contributed by atoms with E-state index in [1.54, 1.807) is 0 Å². The first-order valence-electron chi connectivity index (χ1n) is 4.76. The van der Waals surface area contributed by atoms with Crippen molar-refractivity contribution in [2.45, 2.75) is 12.2 Å². The molecule has 0 bridgehead atoms. The van der Waals surface area contributed by atoms with E-state index in [1.807, 2.05) is 0 Å². The normalized spacial score (nSPS) is 12.0. The van der Waals surface area contributed by atoms with Crippen molar-refractivity contribution < 1.29 is 43.2 Å². The Balaban J connectivity index is 0.000000441. The fraction of sp³-hybridized carbons (Fsp3) is 0.200. The Morgan fingerprint density at radius 2 is 1.40 bits per heavy atom. The number of phenols is 2. The van der Waals surface area contributed by atoms with Crippen molar-refractivity contribution in [3.63, 3.8) is 0 Å². The Morgan fingerprint density at radius 1 is 1.05 bits per heavy atom. The molecular weight excluding hydrogens is 287 g/mol. The van der Waals surface area contributed by atoms with Gasteiger partial charge in [-0.1, -0.05) is 0 Å². The molecule has 0 radical (unpaired) electrons. The topological polar surface area (TPSA) is 141 Å². The van der Waals surface area contributed by atoms with E-state index in [4.69, 9.17) is 31.0 Å². The molecule has 1 aromatic carbocycles. The standard InChI is InChI=1S/C8H9NO4.C2HF3O2/c9-7(8(12)13)4-1-5(10)3-6(11)2-4;3-2(4,5)1(6)7/h1-3,7,10-11H,9H2,(H,12,13);(H,6,7). The van der Waals surface area contributed by atoms with Crippen molar-refractivity contribution in [3.05, 3.63) is 23.8 Å². The van der Waals surface area contributed by atoms with E-state index in [0.29, 0.717) is 0 Å². The molecule has 20 heavy (non-hydrogen) atoms. The van der Waals surface area contributed by atoms with Gasteiger partial charge in [-0.25, -0.2) is 4.79 Å². The van der Waals surface area contributed by atoms with E-state index in [1.165, 1.54) is 12.1 Å². The first-order valence-corrected chi connectivity index (χ1v) is 4.76. The molecule has 0 aliphatic rings. The summed E-state index contributed by atoms with van der Waals surface area (Å²) in [6.07, 6.45) is -5.08. The number of rotatable bonds is 2. The van der Waals surface area contributed by atoms with Gasteiger partial charge in [0.1, 0.15) is 17.5 Å². The largest absolute Gasteiger partial charge is 0.508 e. The fourth-order valence-corrected chi connectivity index (χ4v) is 0.940. The van der Waals surface area contributed by atoms with Gasteiger partial charge in [-0.3, -0.25) is 4.79 Å². The predicted molar refractivity (Wildman–Crippen MR) is 58.0 cm³/mol. The lowest BCUT2D eigenvalue weighted by atomic mass is 10.1. The van der Waals surface area contributed by atoms with Crippen LogP contribution in [-0.2, 0) is 9.59 Å². The third-order valence-corrected chi connectivity index (χ3v) is 1.79. The molecule has 1 rings (SSSR count). The van der Waals surface area contributed by atoms with Crippen LogP contribution in [0.2, 0.25) is 0 Å². The quantitative estimate of drug-likeness (QED) is 0.544. The summed E-state index contributed by atoms with van der Waals surface area (Å²) in [6, 6.07) is 2.24. The van der Waals surface area contributed by atoms with Crippen LogP contribution in [0.15, 0.2) is 18.2 Å². The highest BCUT2D eigenvalue weighted by atomic mass is 19.4. The molecule has 112 valence electrons. The number of carboxylic acid groups (broad SMARTS) is 2. The van der Waals surface area contributed by atoms with Crippen LogP contribution in [0.25, 0.3) is 0 Å². The molecule has 0 aromatic heterocycles. The van der Waals surface area contributed by atoms with Gasteiger partial charge in [-0.15, -0.1) is 0 Å².